The summed E-state index contributed by atoms with van der Waals surface area (Å²) >= 11 is 13.0. The fourth-order valence-corrected chi connectivity index (χ4v) is 36.8. The quantitative estimate of drug-likeness (QED) is 0.486. The maximum absolute atomic E-state index is 6.51. The summed E-state index contributed by atoms with van der Waals surface area (Å²) in [6, 6.07) is 1.19. The molecule has 0 amide bonds. The maximum Gasteiger partial charge on any atom is 0.364 e. The summed E-state index contributed by atoms with van der Waals surface area (Å²) in [4.78, 5) is 0. The van der Waals surface area contributed by atoms with Crippen molar-refractivity contribution in [3.63, 3.8) is 0 Å². The first-order valence-electron chi connectivity index (χ1n) is 4.99. The third kappa shape index (κ3) is 2.01. The fourth-order valence-electron chi connectivity index (χ4n) is 2.19. The zero-order chi connectivity index (χ0) is 11.4. The molecule has 0 atom stereocenters. The summed E-state index contributed by atoms with van der Waals surface area (Å²) in [7, 11) is -2.83. The van der Waals surface area contributed by atoms with Gasteiger partial charge in [-0.3, -0.25) is 0 Å². The van der Waals surface area contributed by atoms with Crippen LogP contribution in [0.2, 0.25) is 32.2 Å². The lowest BCUT2D eigenvalue weighted by Crippen LogP contribution is -2.75. The van der Waals surface area contributed by atoms with Crippen LogP contribution in [0.1, 0.15) is 13.8 Å². The third-order valence-electron chi connectivity index (χ3n) is 3.69. The van der Waals surface area contributed by atoms with Gasteiger partial charge in [0.25, 0.3) is 0 Å². The number of halogens is 2. The molecule has 1 aliphatic rings. The minimum atomic E-state index is -2.44. The van der Waals surface area contributed by atoms with Gasteiger partial charge >= 0.3 is 6.45 Å². The van der Waals surface area contributed by atoms with Crippen LogP contribution in [0.25, 0.3) is 0 Å². The van der Waals surface area contributed by atoms with E-state index in [4.69, 9.17) is 26.6 Å². The van der Waals surface area contributed by atoms with Crippen molar-refractivity contribution in [3.8, 4) is 0 Å². The zero-order valence-electron chi connectivity index (χ0n) is 9.87. The van der Waals surface area contributed by atoms with Crippen LogP contribution in [-0.2, 0) is 4.43 Å². The summed E-state index contributed by atoms with van der Waals surface area (Å²) in [5, 5.41) is 0. The standard InChI is InChI=1S/C8H20Cl2OSi3/c1-8(2)7-12(3,4)13(5,6)14(9,10)11-8/h7H2,1-6H3. The van der Waals surface area contributed by atoms with Gasteiger partial charge in [0.1, 0.15) is 7.11 Å². The zero-order valence-corrected chi connectivity index (χ0v) is 14.4. The summed E-state index contributed by atoms with van der Waals surface area (Å²) < 4.78 is 5.98. The lowest BCUT2D eigenvalue weighted by Gasteiger charge is -2.54. The van der Waals surface area contributed by atoms with Crippen molar-refractivity contribution in [3.05, 3.63) is 0 Å². The highest BCUT2D eigenvalue weighted by Gasteiger charge is 2.64. The molecule has 0 aliphatic carbocycles. The molecule has 0 radical (unpaired) electrons. The van der Waals surface area contributed by atoms with Crippen molar-refractivity contribution in [2.75, 3.05) is 0 Å². The van der Waals surface area contributed by atoms with E-state index >= 15 is 0 Å². The average molecular weight is 287 g/mol. The molecule has 0 N–H and O–H groups in total. The van der Waals surface area contributed by atoms with Crippen LogP contribution in [0.3, 0.4) is 0 Å². The number of rotatable bonds is 0. The van der Waals surface area contributed by atoms with E-state index in [0.717, 1.165) is 0 Å². The lowest BCUT2D eigenvalue weighted by molar-refractivity contribution is 0.132. The van der Waals surface area contributed by atoms with E-state index in [1.807, 2.05) is 0 Å². The summed E-state index contributed by atoms with van der Waals surface area (Å²) in [5.74, 6) is 0. The molecule has 1 rings (SSSR count). The molecule has 0 aromatic rings. The highest BCUT2D eigenvalue weighted by atomic mass is 35.7. The second-order valence-electron chi connectivity index (χ2n) is 6.06. The predicted octanol–water partition coefficient (Wildman–Crippen LogP) is 3.79. The Morgan fingerprint density at radius 3 is 1.86 bits per heavy atom. The van der Waals surface area contributed by atoms with Crippen molar-refractivity contribution >= 4 is 43.3 Å². The van der Waals surface area contributed by atoms with E-state index < -0.39 is 21.2 Å². The number of hydrogen-bond acceptors (Lipinski definition) is 1. The van der Waals surface area contributed by atoms with E-state index in [0.29, 0.717) is 0 Å². The Hall–Kier alpha value is 1.19. The van der Waals surface area contributed by atoms with E-state index in [1.165, 1.54) is 6.04 Å². The molecule has 0 unspecified atom stereocenters. The summed E-state index contributed by atoms with van der Waals surface area (Å²) in [6.45, 7) is 11.3. The molecule has 0 aromatic carbocycles. The highest BCUT2D eigenvalue weighted by Crippen LogP contribution is 2.47. The molecule has 1 fully saturated rings. The van der Waals surface area contributed by atoms with Gasteiger partial charge < -0.3 is 4.43 Å². The minimum Gasteiger partial charge on any atom is -0.390 e. The normalized spacial score (nSPS) is 32.6. The Balaban J connectivity index is 3.13. The van der Waals surface area contributed by atoms with Gasteiger partial charge in [0.2, 0.25) is 0 Å². The van der Waals surface area contributed by atoms with Crippen LogP contribution < -0.4 is 0 Å². The Labute approximate surface area is 99.3 Å². The van der Waals surface area contributed by atoms with Crippen LogP contribution in [0.15, 0.2) is 0 Å². The topological polar surface area (TPSA) is 9.23 Å². The lowest BCUT2D eigenvalue weighted by atomic mass is 10.2. The monoisotopic (exact) mass is 286 g/mol. The van der Waals surface area contributed by atoms with Crippen molar-refractivity contribution < 1.29 is 4.43 Å². The molecule has 84 valence electrons. The largest absolute Gasteiger partial charge is 0.390 e. The van der Waals surface area contributed by atoms with Gasteiger partial charge in [0.15, 0.2) is 0 Å². The molecule has 1 aliphatic heterocycles. The molecule has 14 heavy (non-hydrogen) atoms. The molecule has 0 aromatic heterocycles. The fraction of sp³-hybridized carbons (Fsp3) is 1.00. The van der Waals surface area contributed by atoms with Crippen LogP contribution in [-0.4, -0.2) is 26.8 Å². The third-order valence-corrected chi connectivity index (χ3v) is 47.5. The first kappa shape index (κ1) is 13.3. The van der Waals surface area contributed by atoms with Crippen molar-refractivity contribution in [2.45, 2.75) is 51.7 Å². The smallest absolute Gasteiger partial charge is 0.364 e. The molecule has 1 saturated heterocycles. The van der Waals surface area contributed by atoms with Crippen molar-refractivity contribution in [2.24, 2.45) is 0 Å². The average Bonchev–Trinajstić information content (AvgIpc) is 1.77. The van der Waals surface area contributed by atoms with Gasteiger partial charge in [-0.15, -0.1) is 22.2 Å². The van der Waals surface area contributed by atoms with E-state index in [2.05, 4.69) is 40.0 Å². The summed E-state index contributed by atoms with van der Waals surface area (Å²) in [5.41, 5.74) is -0.103. The van der Waals surface area contributed by atoms with Crippen LogP contribution in [0, 0.1) is 0 Å². The SMILES string of the molecule is CC1(C)C[Si](C)(C)[Si](C)(C)[Si](Cl)(Cl)O1. The maximum atomic E-state index is 6.51. The molecule has 0 spiro atoms. The molecular weight excluding hydrogens is 267 g/mol. The van der Waals surface area contributed by atoms with E-state index in [9.17, 15) is 0 Å². The van der Waals surface area contributed by atoms with Crippen molar-refractivity contribution in [1.82, 2.24) is 0 Å². The molecular formula is C8H20Cl2OSi3. The number of hydrogen-bond donors (Lipinski definition) is 0. The Bertz CT molecular complexity index is 229. The summed E-state index contributed by atoms with van der Waals surface area (Å²) in [6.07, 6.45) is 0. The van der Waals surface area contributed by atoms with Crippen molar-refractivity contribution in [1.29, 1.82) is 0 Å². The van der Waals surface area contributed by atoms with Gasteiger partial charge in [-0.2, -0.15) is 0 Å². The van der Waals surface area contributed by atoms with E-state index in [1.54, 1.807) is 0 Å². The first-order valence-corrected chi connectivity index (χ1v) is 17.1. The van der Waals surface area contributed by atoms with Gasteiger partial charge in [-0.1, -0.05) is 26.2 Å². The molecule has 0 saturated carbocycles. The van der Waals surface area contributed by atoms with Crippen LogP contribution in [0.5, 0.6) is 0 Å². The minimum absolute atomic E-state index is 0.103. The van der Waals surface area contributed by atoms with E-state index in [-0.39, 0.29) is 5.60 Å². The Kier molecular flexibility index (Phi) is 3.16. The first-order chi connectivity index (χ1) is 5.91. The van der Waals surface area contributed by atoms with Gasteiger partial charge in [-0.25, -0.2) is 0 Å². The van der Waals surface area contributed by atoms with Gasteiger partial charge in [0.05, 0.1) is 5.60 Å². The van der Waals surface area contributed by atoms with Gasteiger partial charge in [0, 0.05) is 7.59 Å². The molecule has 0 bridgehead atoms. The second-order valence-corrected chi connectivity index (χ2v) is 35.5. The van der Waals surface area contributed by atoms with Crippen LogP contribution >= 0.6 is 22.2 Å². The van der Waals surface area contributed by atoms with Crippen LogP contribution in [0.4, 0.5) is 0 Å². The molecule has 1 nitrogen and oxygen atoms in total. The molecule has 1 heterocycles. The van der Waals surface area contributed by atoms with Gasteiger partial charge in [-0.05, 0) is 19.9 Å². The second kappa shape index (κ2) is 3.34. The molecule has 6 heteroatoms. The Morgan fingerprint density at radius 1 is 1.07 bits per heavy atom. The predicted molar refractivity (Wildman–Crippen MR) is 72.4 cm³/mol. The highest BCUT2D eigenvalue weighted by molar-refractivity contribution is 7.86. The Morgan fingerprint density at radius 2 is 1.50 bits per heavy atom.